The summed E-state index contributed by atoms with van der Waals surface area (Å²) in [7, 11) is 0. The Balaban J connectivity index is 1.38. The molecule has 1 saturated heterocycles. The van der Waals surface area contributed by atoms with Gasteiger partial charge < -0.3 is 9.42 Å². The topological polar surface area (TPSA) is 62.5 Å². The van der Waals surface area contributed by atoms with Crippen molar-refractivity contribution < 1.29 is 9.32 Å². The lowest BCUT2D eigenvalue weighted by Gasteiger charge is -2.36. The lowest BCUT2D eigenvalue weighted by atomic mass is 10.1. The van der Waals surface area contributed by atoms with Crippen molar-refractivity contribution in [1.82, 2.24) is 19.9 Å². The van der Waals surface area contributed by atoms with Crippen LogP contribution in [0.1, 0.15) is 29.2 Å². The number of piperazine rings is 1. The molecule has 1 aliphatic rings. The van der Waals surface area contributed by atoms with Crippen LogP contribution in [0.25, 0.3) is 11.4 Å². The molecule has 0 saturated carbocycles. The zero-order valence-electron chi connectivity index (χ0n) is 15.3. The van der Waals surface area contributed by atoms with Crippen LogP contribution >= 0.6 is 0 Å². The van der Waals surface area contributed by atoms with Crippen molar-refractivity contribution in [2.45, 2.75) is 13.0 Å². The molecule has 0 bridgehead atoms. The predicted molar refractivity (Wildman–Crippen MR) is 102 cm³/mol. The quantitative estimate of drug-likeness (QED) is 0.713. The molecule has 0 spiro atoms. The monoisotopic (exact) mass is 362 g/mol. The second-order valence-electron chi connectivity index (χ2n) is 6.69. The van der Waals surface area contributed by atoms with Gasteiger partial charge in [0.25, 0.3) is 5.91 Å². The first kappa shape index (κ1) is 17.4. The summed E-state index contributed by atoms with van der Waals surface area (Å²) in [5.74, 6) is 1.30. The van der Waals surface area contributed by atoms with Gasteiger partial charge in [-0.05, 0) is 19.1 Å². The highest BCUT2D eigenvalue weighted by molar-refractivity contribution is 5.94. The molecule has 1 aliphatic heterocycles. The molecular formula is C21H22N4O2. The molecule has 6 heteroatoms. The summed E-state index contributed by atoms with van der Waals surface area (Å²) in [6, 6.07) is 19.3. The van der Waals surface area contributed by atoms with E-state index in [2.05, 4.69) is 22.0 Å². The summed E-state index contributed by atoms with van der Waals surface area (Å²) in [4.78, 5) is 21.3. The van der Waals surface area contributed by atoms with Crippen LogP contribution in [0.5, 0.6) is 0 Å². The SMILES string of the molecule is C[C@@H](c1nc(-c2ccccc2)no1)N1CCN(C(=O)c2ccccc2)CC1. The van der Waals surface area contributed by atoms with E-state index in [9.17, 15) is 4.79 Å². The normalized spacial score (nSPS) is 16.3. The summed E-state index contributed by atoms with van der Waals surface area (Å²) < 4.78 is 5.49. The van der Waals surface area contributed by atoms with Gasteiger partial charge in [0.15, 0.2) is 0 Å². The van der Waals surface area contributed by atoms with Gasteiger partial charge in [-0.2, -0.15) is 4.98 Å². The number of aromatic nitrogens is 2. The van der Waals surface area contributed by atoms with Gasteiger partial charge in [-0.1, -0.05) is 53.7 Å². The van der Waals surface area contributed by atoms with Crippen molar-refractivity contribution in [3.05, 3.63) is 72.1 Å². The smallest absolute Gasteiger partial charge is 0.253 e. The van der Waals surface area contributed by atoms with E-state index in [4.69, 9.17) is 4.52 Å². The highest BCUT2D eigenvalue weighted by Crippen LogP contribution is 2.23. The number of carbonyl (C=O) groups excluding carboxylic acids is 1. The van der Waals surface area contributed by atoms with Crippen molar-refractivity contribution in [1.29, 1.82) is 0 Å². The van der Waals surface area contributed by atoms with Crippen LogP contribution < -0.4 is 0 Å². The number of hydrogen-bond donors (Lipinski definition) is 0. The number of benzene rings is 2. The van der Waals surface area contributed by atoms with Gasteiger partial charge in [-0.3, -0.25) is 9.69 Å². The number of hydrogen-bond acceptors (Lipinski definition) is 5. The lowest BCUT2D eigenvalue weighted by molar-refractivity contribution is 0.0551. The van der Waals surface area contributed by atoms with Gasteiger partial charge in [0, 0.05) is 37.3 Å². The molecule has 138 valence electrons. The van der Waals surface area contributed by atoms with Crippen LogP contribution in [-0.4, -0.2) is 52.0 Å². The van der Waals surface area contributed by atoms with Gasteiger partial charge in [-0.25, -0.2) is 0 Å². The van der Waals surface area contributed by atoms with Crippen LogP contribution in [-0.2, 0) is 0 Å². The molecule has 4 rings (SSSR count). The van der Waals surface area contributed by atoms with E-state index in [1.807, 2.05) is 65.6 Å². The Morgan fingerprint density at radius 2 is 1.59 bits per heavy atom. The standard InChI is InChI=1S/C21H22N4O2/c1-16(20-22-19(23-27-20)17-8-4-2-5-9-17)24-12-14-25(15-13-24)21(26)18-10-6-3-7-11-18/h2-11,16H,12-15H2,1H3/t16-/m0/s1. The maximum absolute atomic E-state index is 12.6. The average Bonchev–Trinajstić information content (AvgIpc) is 3.24. The zero-order valence-corrected chi connectivity index (χ0v) is 15.3. The van der Waals surface area contributed by atoms with Gasteiger partial charge in [0.1, 0.15) is 0 Å². The van der Waals surface area contributed by atoms with Crippen LogP contribution in [0.4, 0.5) is 0 Å². The molecule has 1 fully saturated rings. The molecule has 2 aromatic carbocycles. The Labute approximate surface area is 158 Å². The maximum Gasteiger partial charge on any atom is 0.253 e. The maximum atomic E-state index is 12.6. The summed E-state index contributed by atoms with van der Waals surface area (Å²) in [5, 5.41) is 4.11. The Kier molecular flexibility index (Phi) is 4.98. The third-order valence-electron chi connectivity index (χ3n) is 5.00. The third-order valence-corrected chi connectivity index (χ3v) is 5.00. The minimum atomic E-state index is 0.0175. The molecule has 27 heavy (non-hydrogen) atoms. The molecule has 1 amide bonds. The highest BCUT2D eigenvalue weighted by atomic mass is 16.5. The van der Waals surface area contributed by atoms with Gasteiger partial charge in [0.2, 0.25) is 11.7 Å². The molecule has 0 radical (unpaired) electrons. The van der Waals surface area contributed by atoms with E-state index < -0.39 is 0 Å². The fourth-order valence-corrected chi connectivity index (χ4v) is 3.34. The summed E-state index contributed by atoms with van der Waals surface area (Å²) in [6.07, 6.45) is 0. The Bertz CT molecular complexity index is 887. The lowest BCUT2D eigenvalue weighted by Crippen LogP contribution is -2.49. The molecule has 0 N–H and O–H groups in total. The number of amides is 1. The molecule has 1 aromatic heterocycles. The minimum Gasteiger partial charge on any atom is -0.337 e. The van der Waals surface area contributed by atoms with E-state index in [0.717, 1.165) is 24.2 Å². The predicted octanol–water partition coefficient (Wildman–Crippen LogP) is 3.26. The van der Waals surface area contributed by atoms with Crippen molar-refractivity contribution in [3.8, 4) is 11.4 Å². The average molecular weight is 362 g/mol. The van der Waals surface area contributed by atoms with Crippen molar-refractivity contribution in [2.24, 2.45) is 0 Å². The first-order chi connectivity index (χ1) is 13.2. The van der Waals surface area contributed by atoms with Crippen LogP contribution in [0, 0.1) is 0 Å². The van der Waals surface area contributed by atoms with Crippen LogP contribution in [0.2, 0.25) is 0 Å². The van der Waals surface area contributed by atoms with E-state index in [0.29, 0.717) is 24.8 Å². The van der Waals surface area contributed by atoms with E-state index >= 15 is 0 Å². The van der Waals surface area contributed by atoms with Gasteiger partial charge in [0.05, 0.1) is 6.04 Å². The summed E-state index contributed by atoms with van der Waals surface area (Å²) in [6.45, 7) is 5.01. The van der Waals surface area contributed by atoms with Crippen LogP contribution in [0.3, 0.4) is 0 Å². The summed E-state index contributed by atoms with van der Waals surface area (Å²) in [5.41, 5.74) is 1.68. The molecule has 3 aromatic rings. The zero-order chi connectivity index (χ0) is 18.6. The molecule has 2 heterocycles. The van der Waals surface area contributed by atoms with Crippen molar-refractivity contribution in [2.75, 3.05) is 26.2 Å². The first-order valence-corrected chi connectivity index (χ1v) is 9.20. The number of carbonyl (C=O) groups is 1. The fraction of sp³-hybridized carbons (Fsp3) is 0.286. The molecule has 6 nitrogen and oxygen atoms in total. The largest absolute Gasteiger partial charge is 0.337 e. The molecule has 0 unspecified atom stereocenters. The molecule has 0 aliphatic carbocycles. The second kappa shape index (κ2) is 7.72. The Morgan fingerprint density at radius 1 is 0.963 bits per heavy atom. The minimum absolute atomic E-state index is 0.0175. The van der Waals surface area contributed by atoms with E-state index in [1.165, 1.54) is 0 Å². The third kappa shape index (κ3) is 3.75. The van der Waals surface area contributed by atoms with Gasteiger partial charge in [-0.15, -0.1) is 0 Å². The highest BCUT2D eigenvalue weighted by Gasteiger charge is 2.28. The second-order valence-corrected chi connectivity index (χ2v) is 6.69. The van der Waals surface area contributed by atoms with E-state index in [-0.39, 0.29) is 11.9 Å². The number of rotatable bonds is 4. The summed E-state index contributed by atoms with van der Waals surface area (Å²) >= 11 is 0. The van der Waals surface area contributed by atoms with E-state index in [1.54, 1.807) is 0 Å². The fourth-order valence-electron chi connectivity index (χ4n) is 3.34. The first-order valence-electron chi connectivity index (χ1n) is 9.20. The Morgan fingerprint density at radius 3 is 2.26 bits per heavy atom. The molecule has 1 atom stereocenters. The Hall–Kier alpha value is -2.99. The number of nitrogens with zero attached hydrogens (tertiary/aromatic N) is 4. The molecular weight excluding hydrogens is 340 g/mol. The van der Waals surface area contributed by atoms with Gasteiger partial charge >= 0.3 is 0 Å². The van der Waals surface area contributed by atoms with Crippen LogP contribution in [0.15, 0.2) is 65.2 Å². The van der Waals surface area contributed by atoms with Crippen molar-refractivity contribution >= 4 is 5.91 Å². The van der Waals surface area contributed by atoms with Crippen molar-refractivity contribution in [3.63, 3.8) is 0 Å².